The topological polar surface area (TPSA) is 54.8 Å². The van der Waals surface area contributed by atoms with Gasteiger partial charge >= 0.3 is 6.03 Å². The van der Waals surface area contributed by atoms with E-state index in [0.717, 1.165) is 26.2 Å². The van der Waals surface area contributed by atoms with Gasteiger partial charge in [-0.25, -0.2) is 4.79 Å². The smallest absolute Gasteiger partial charge is 0.319 e. The third-order valence-corrected chi connectivity index (χ3v) is 4.43. The van der Waals surface area contributed by atoms with Gasteiger partial charge in [-0.05, 0) is 18.2 Å². The Morgan fingerprint density at radius 1 is 1.39 bits per heavy atom. The molecule has 5 nitrogen and oxygen atoms in total. The lowest BCUT2D eigenvalue weighted by atomic mass is 10.2. The van der Waals surface area contributed by atoms with Crippen LogP contribution in [0.4, 0.5) is 10.5 Å². The fourth-order valence-corrected chi connectivity index (χ4v) is 3.00. The van der Waals surface area contributed by atoms with Gasteiger partial charge in [0, 0.05) is 11.6 Å². The number of ether oxygens (including phenoxy) is 1. The average Bonchev–Trinajstić information content (AvgIpc) is 2.49. The van der Waals surface area contributed by atoms with Gasteiger partial charge in [-0.15, -0.1) is 0 Å². The summed E-state index contributed by atoms with van der Waals surface area (Å²) in [4.78, 5) is 13.5. The number of carbonyl (C=O) groups excluding carboxylic acids is 1. The number of hydrogen-bond donors (Lipinski definition) is 3. The van der Waals surface area contributed by atoms with Gasteiger partial charge in [-0.1, -0.05) is 37.0 Å². The maximum absolute atomic E-state index is 11.9. The van der Waals surface area contributed by atoms with E-state index in [1.807, 2.05) is 0 Å². The standard InChI is InChI=1S/C16H23Cl2N3O2/c1-11(2)9-21-5-6-23-13(10-21)8-19-16(22)20-12-3-4-14(17)15(18)7-12/h3-4,7,11,13H,5-6,8-10H2,1-2H3,(H2,19,20,22)/p+1/t13-/m0/s1. The Balaban J connectivity index is 1.76. The summed E-state index contributed by atoms with van der Waals surface area (Å²) in [6, 6.07) is 4.70. The van der Waals surface area contributed by atoms with Gasteiger partial charge in [-0.3, -0.25) is 0 Å². The summed E-state index contributed by atoms with van der Waals surface area (Å²) in [7, 11) is 0. The Labute approximate surface area is 147 Å². The van der Waals surface area contributed by atoms with E-state index in [0.29, 0.717) is 28.2 Å². The summed E-state index contributed by atoms with van der Waals surface area (Å²) < 4.78 is 5.72. The molecule has 3 N–H and O–H groups in total. The molecule has 0 spiro atoms. The lowest BCUT2D eigenvalue weighted by Gasteiger charge is -2.31. The van der Waals surface area contributed by atoms with E-state index in [2.05, 4.69) is 24.5 Å². The van der Waals surface area contributed by atoms with E-state index in [1.165, 1.54) is 4.90 Å². The molecular formula is C16H24Cl2N3O2+. The Bertz CT molecular complexity index is 540. The highest BCUT2D eigenvalue weighted by Crippen LogP contribution is 2.24. The molecule has 2 amide bonds. The first-order valence-electron chi connectivity index (χ1n) is 7.89. The number of quaternary nitrogens is 1. The monoisotopic (exact) mass is 360 g/mol. The number of amides is 2. The van der Waals surface area contributed by atoms with E-state index < -0.39 is 0 Å². The molecule has 0 aliphatic carbocycles. The molecule has 23 heavy (non-hydrogen) atoms. The third kappa shape index (κ3) is 6.18. The van der Waals surface area contributed by atoms with Crippen molar-refractivity contribution in [1.82, 2.24) is 5.32 Å². The van der Waals surface area contributed by atoms with Gasteiger partial charge in [0.15, 0.2) is 0 Å². The Morgan fingerprint density at radius 3 is 2.87 bits per heavy atom. The summed E-state index contributed by atoms with van der Waals surface area (Å²) in [5.74, 6) is 0.662. The summed E-state index contributed by atoms with van der Waals surface area (Å²) in [6.45, 7) is 8.77. The van der Waals surface area contributed by atoms with Gasteiger partial charge in [0.25, 0.3) is 0 Å². The van der Waals surface area contributed by atoms with Crippen LogP contribution in [0.2, 0.25) is 10.0 Å². The Morgan fingerprint density at radius 2 is 2.17 bits per heavy atom. The van der Waals surface area contributed by atoms with Crippen molar-refractivity contribution in [3.8, 4) is 0 Å². The average molecular weight is 361 g/mol. The van der Waals surface area contributed by atoms with Crippen molar-refractivity contribution in [2.24, 2.45) is 5.92 Å². The summed E-state index contributed by atoms with van der Waals surface area (Å²) in [5.41, 5.74) is 0.605. The Hall–Kier alpha value is -1.01. The van der Waals surface area contributed by atoms with Gasteiger partial charge in [0.05, 0.1) is 29.7 Å². The first-order valence-corrected chi connectivity index (χ1v) is 8.64. The lowest BCUT2D eigenvalue weighted by Crippen LogP contribution is -3.15. The molecule has 0 radical (unpaired) electrons. The molecular weight excluding hydrogens is 337 g/mol. The number of halogens is 2. The highest BCUT2D eigenvalue weighted by atomic mass is 35.5. The van der Waals surface area contributed by atoms with E-state index in [4.69, 9.17) is 27.9 Å². The number of urea groups is 1. The minimum Gasteiger partial charge on any atom is -0.365 e. The zero-order valence-corrected chi connectivity index (χ0v) is 15.0. The number of benzene rings is 1. The Kier molecular flexibility index (Phi) is 6.96. The van der Waals surface area contributed by atoms with Crippen LogP contribution in [0.3, 0.4) is 0 Å². The largest absolute Gasteiger partial charge is 0.365 e. The molecule has 1 aromatic carbocycles. The fourth-order valence-electron chi connectivity index (χ4n) is 2.70. The third-order valence-electron chi connectivity index (χ3n) is 3.69. The minimum absolute atomic E-state index is 0.0528. The van der Waals surface area contributed by atoms with E-state index in [1.54, 1.807) is 18.2 Å². The van der Waals surface area contributed by atoms with E-state index in [9.17, 15) is 4.79 Å². The summed E-state index contributed by atoms with van der Waals surface area (Å²) >= 11 is 11.8. The van der Waals surface area contributed by atoms with Crippen molar-refractivity contribution >= 4 is 34.9 Å². The normalized spacial score (nSPS) is 21.3. The highest BCUT2D eigenvalue weighted by molar-refractivity contribution is 6.42. The molecule has 1 aliphatic rings. The molecule has 0 aromatic heterocycles. The molecule has 2 rings (SSSR count). The van der Waals surface area contributed by atoms with Gasteiger partial charge in [-0.2, -0.15) is 0 Å². The maximum Gasteiger partial charge on any atom is 0.319 e. The first-order chi connectivity index (χ1) is 10.9. The molecule has 1 heterocycles. The fraction of sp³-hybridized carbons (Fsp3) is 0.562. The number of hydrogen-bond acceptors (Lipinski definition) is 2. The van der Waals surface area contributed by atoms with E-state index in [-0.39, 0.29) is 12.1 Å². The molecule has 128 valence electrons. The highest BCUT2D eigenvalue weighted by Gasteiger charge is 2.24. The predicted molar refractivity (Wildman–Crippen MR) is 93.6 cm³/mol. The van der Waals surface area contributed by atoms with E-state index >= 15 is 0 Å². The summed E-state index contributed by atoms with van der Waals surface area (Å²) in [6.07, 6.45) is 0.0528. The molecule has 1 aliphatic heterocycles. The van der Waals surface area contributed by atoms with Crippen LogP contribution in [0.15, 0.2) is 18.2 Å². The number of carbonyl (C=O) groups is 1. The van der Waals surface area contributed by atoms with Crippen LogP contribution in [-0.2, 0) is 4.74 Å². The minimum atomic E-state index is -0.275. The second-order valence-electron chi connectivity index (χ2n) is 6.26. The van der Waals surface area contributed by atoms with Crippen molar-refractivity contribution in [3.05, 3.63) is 28.2 Å². The zero-order valence-electron chi connectivity index (χ0n) is 13.5. The lowest BCUT2D eigenvalue weighted by molar-refractivity contribution is -0.914. The molecule has 1 saturated heterocycles. The second kappa shape index (κ2) is 8.73. The number of rotatable bonds is 5. The van der Waals surface area contributed by atoms with Crippen LogP contribution < -0.4 is 15.5 Å². The quantitative estimate of drug-likeness (QED) is 0.752. The summed E-state index contributed by atoms with van der Waals surface area (Å²) in [5, 5.41) is 6.45. The number of anilines is 1. The first kappa shape index (κ1) is 18.3. The molecule has 1 unspecified atom stereocenters. The maximum atomic E-state index is 11.9. The van der Waals surface area contributed by atoms with Crippen molar-refractivity contribution in [1.29, 1.82) is 0 Å². The molecule has 0 bridgehead atoms. The SMILES string of the molecule is CC(C)C[NH+]1CCO[C@@H](CNC(=O)Nc2ccc(Cl)c(Cl)c2)C1. The van der Waals surface area contributed by atoms with Crippen molar-refractivity contribution < 1.29 is 14.4 Å². The van der Waals surface area contributed by atoms with Crippen LogP contribution in [0.5, 0.6) is 0 Å². The van der Waals surface area contributed by atoms with Crippen LogP contribution >= 0.6 is 23.2 Å². The number of nitrogens with one attached hydrogen (secondary N) is 3. The number of morpholine rings is 1. The second-order valence-corrected chi connectivity index (χ2v) is 7.07. The van der Waals surface area contributed by atoms with Gasteiger partial charge in [0.2, 0.25) is 0 Å². The molecule has 2 atom stereocenters. The van der Waals surface area contributed by atoms with Crippen molar-refractivity contribution in [2.45, 2.75) is 20.0 Å². The molecule has 0 saturated carbocycles. The van der Waals surface area contributed by atoms with Crippen molar-refractivity contribution in [3.63, 3.8) is 0 Å². The predicted octanol–water partition coefficient (Wildman–Crippen LogP) is 2.05. The molecule has 7 heteroatoms. The van der Waals surface area contributed by atoms with Gasteiger partial charge < -0.3 is 20.3 Å². The van der Waals surface area contributed by atoms with Crippen LogP contribution in [0.1, 0.15) is 13.8 Å². The zero-order chi connectivity index (χ0) is 16.8. The van der Waals surface area contributed by atoms with Crippen LogP contribution in [0.25, 0.3) is 0 Å². The van der Waals surface area contributed by atoms with Crippen LogP contribution in [-0.4, -0.2) is 44.9 Å². The molecule has 1 fully saturated rings. The molecule has 1 aromatic rings. The van der Waals surface area contributed by atoms with Crippen LogP contribution in [0, 0.1) is 5.92 Å². The van der Waals surface area contributed by atoms with Gasteiger partial charge in [0.1, 0.15) is 19.2 Å². The van der Waals surface area contributed by atoms with Crippen molar-refractivity contribution in [2.75, 3.05) is 38.1 Å².